The third-order valence-corrected chi connectivity index (χ3v) is 4.30. The molecule has 0 aliphatic carbocycles. The molecule has 3 heteroatoms. The Bertz CT molecular complexity index is 434. The van der Waals surface area contributed by atoms with Gasteiger partial charge in [0, 0.05) is 16.7 Å². The largest absolute Gasteiger partial charge is 0.240 e. The summed E-state index contributed by atoms with van der Waals surface area (Å²) in [5.74, 6) is 1.02. The Hall–Kier alpha value is -0.800. The minimum atomic E-state index is 0.670. The molecule has 2 rings (SSSR count). The van der Waals surface area contributed by atoms with Crippen LogP contribution in [-0.2, 0) is 5.75 Å². The van der Waals surface area contributed by atoms with E-state index in [9.17, 15) is 0 Å². The summed E-state index contributed by atoms with van der Waals surface area (Å²) in [6.07, 6.45) is 0. The molecule has 1 aromatic heterocycles. The van der Waals surface area contributed by atoms with Gasteiger partial charge >= 0.3 is 0 Å². The van der Waals surface area contributed by atoms with Crippen LogP contribution in [0.1, 0.15) is 18.9 Å². The molecule has 1 heterocycles. The number of nitrogens with zero attached hydrogens (tertiary/aromatic N) is 1. The van der Waals surface area contributed by atoms with E-state index < -0.39 is 0 Å². The Morgan fingerprint density at radius 3 is 2.69 bits per heavy atom. The van der Waals surface area contributed by atoms with Crippen molar-refractivity contribution < 1.29 is 0 Å². The first kappa shape index (κ1) is 11.7. The van der Waals surface area contributed by atoms with Gasteiger partial charge < -0.3 is 0 Å². The number of hydrogen-bond acceptors (Lipinski definition) is 3. The first-order valence-corrected chi connectivity index (χ1v) is 7.30. The maximum atomic E-state index is 4.65. The van der Waals surface area contributed by atoms with Crippen molar-refractivity contribution in [2.24, 2.45) is 0 Å². The van der Waals surface area contributed by atoms with Gasteiger partial charge in [-0.1, -0.05) is 44.2 Å². The Kier molecular flexibility index (Phi) is 4.02. The van der Waals surface area contributed by atoms with Gasteiger partial charge in [-0.3, -0.25) is 0 Å². The Balaban J connectivity index is 2.08. The van der Waals surface area contributed by atoms with Gasteiger partial charge in [0.1, 0.15) is 5.01 Å². The molecule has 0 fully saturated rings. The molecule has 16 heavy (non-hydrogen) atoms. The lowest BCUT2D eigenvalue weighted by molar-refractivity contribution is 1.10. The van der Waals surface area contributed by atoms with E-state index >= 15 is 0 Å². The lowest BCUT2D eigenvalue weighted by Gasteiger charge is -2.00. The van der Waals surface area contributed by atoms with Crippen molar-refractivity contribution in [2.75, 3.05) is 0 Å². The summed E-state index contributed by atoms with van der Waals surface area (Å²) in [5.41, 5.74) is 2.31. The maximum absolute atomic E-state index is 4.65. The summed E-state index contributed by atoms with van der Waals surface area (Å²) in [4.78, 5) is 4.65. The van der Waals surface area contributed by atoms with Crippen molar-refractivity contribution in [1.82, 2.24) is 4.98 Å². The number of aromatic nitrogens is 1. The first-order valence-electron chi connectivity index (χ1n) is 5.37. The van der Waals surface area contributed by atoms with Gasteiger partial charge in [-0.15, -0.1) is 11.3 Å². The quantitative estimate of drug-likeness (QED) is 0.794. The highest BCUT2D eigenvalue weighted by Crippen LogP contribution is 2.25. The fourth-order valence-corrected chi connectivity index (χ4v) is 2.96. The van der Waals surface area contributed by atoms with Gasteiger partial charge in [-0.05, 0) is 5.25 Å². The van der Waals surface area contributed by atoms with Crippen LogP contribution >= 0.6 is 23.1 Å². The third kappa shape index (κ3) is 3.09. The summed E-state index contributed by atoms with van der Waals surface area (Å²) >= 11 is 3.70. The van der Waals surface area contributed by atoms with E-state index in [1.165, 1.54) is 10.6 Å². The van der Waals surface area contributed by atoms with Gasteiger partial charge in [-0.25, -0.2) is 4.98 Å². The van der Waals surface area contributed by atoms with E-state index in [4.69, 9.17) is 0 Å². The summed E-state index contributed by atoms with van der Waals surface area (Å²) in [7, 11) is 0. The van der Waals surface area contributed by atoms with Crippen molar-refractivity contribution in [3.05, 3.63) is 40.7 Å². The van der Waals surface area contributed by atoms with Crippen LogP contribution in [0.2, 0.25) is 0 Å². The standard InChI is InChI=1S/C13H15NS2/c1-10(2)15-9-13-14-12(8-16-13)11-6-4-3-5-7-11/h3-8,10H,9H2,1-2H3. The SMILES string of the molecule is CC(C)SCc1nc(-c2ccccc2)cs1. The molecule has 0 saturated heterocycles. The van der Waals surface area contributed by atoms with E-state index in [2.05, 4.69) is 48.5 Å². The van der Waals surface area contributed by atoms with E-state index in [0.29, 0.717) is 5.25 Å². The van der Waals surface area contributed by atoms with E-state index in [-0.39, 0.29) is 0 Å². The second-order valence-corrected chi connectivity index (χ2v) is 6.36. The fraction of sp³-hybridized carbons (Fsp3) is 0.308. The lowest BCUT2D eigenvalue weighted by atomic mass is 10.2. The zero-order valence-corrected chi connectivity index (χ0v) is 11.1. The van der Waals surface area contributed by atoms with Gasteiger partial charge in [-0.2, -0.15) is 11.8 Å². The topological polar surface area (TPSA) is 12.9 Å². The first-order chi connectivity index (χ1) is 7.75. The molecule has 0 amide bonds. The molecule has 0 bridgehead atoms. The molecule has 0 aliphatic rings. The monoisotopic (exact) mass is 249 g/mol. The molecular weight excluding hydrogens is 234 g/mol. The van der Waals surface area contributed by atoms with Crippen molar-refractivity contribution in [3.8, 4) is 11.3 Å². The van der Waals surface area contributed by atoms with Crippen LogP contribution in [0.15, 0.2) is 35.7 Å². The molecule has 0 spiro atoms. The average Bonchev–Trinajstić information content (AvgIpc) is 2.76. The smallest absolute Gasteiger partial charge is 0.103 e. The third-order valence-electron chi connectivity index (χ3n) is 2.16. The fourth-order valence-electron chi connectivity index (χ4n) is 1.36. The summed E-state index contributed by atoms with van der Waals surface area (Å²) < 4.78 is 0. The van der Waals surface area contributed by atoms with Crippen molar-refractivity contribution >= 4 is 23.1 Å². The van der Waals surface area contributed by atoms with Crippen molar-refractivity contribution in [2.45, 2.75) is 24.9 Å². The summed E-state index contributed by atoms with van der Waals surface area (Å²) in [6.45, 7) is 4.44. The van der Waals surface area contributed by atoms with E-state index in [1.54, 1.807) is 11.3 Å². The normalized spacial score (nSPS) is 10.9. The molecule has 0 saturated carbocycles. The van der Waals surface area contributed by atoms with Crippen molar-refractivity contribution in [1.29, 1.82) is 0 Å². The number of thioether (sulfide) groups is 1. The zero-order valence-electron chi connectivity index (χ0n) is 9.51. The molecule has 0 unspecified atom stereocenters. The number of thiazole rings is 1. The van der Waals surface area contributed by atoms with Crippen LogP contribution in [0.3, 0.4) is 0 Å². The Labute approximate surface area is 105 Å². The molecule has 0 aliphatic heterocycles. The van der Waals surface area contributed by atoms with Gasteiger partial charge in [0.15, 0.2) is 0 Å². The Morgan fingerprint density at radius 1 is 1.25 bits per heavy atom. The average molecular weight is 249 g/mol. The Morgan fingerprint density at radius 2 is 2.00 bits per heavy atom. The summed E-state index contributed by atoms with van der Waals surface area (Å²) in [6, 6.07) is 10.3. The predicted molar refractivity (Wildman–Crippen MR) is 74.0 cm³/mol. The number of hydrogen-bond donors (Lipinski definition) is 0. The minimum Gasteiger partial charge on any atom is -0.240 e. The van der Waals surface area contributed by atoms with Crippen LogP contribution in [0.5, 0.6) is 0 Å². The van der Waals surface area contributed by atoms with Crippen LogP contribution in [0.4, 0.5) is 0 Å². The van der Waals surface area contributed by atoms with Crippen molar-refractivity contribution in [3.63, 3.8) is 0 Å². The minimum absolute atomic E-state index is 0.670. The maximum Gasteiger partial charge on any atom is 0.103 e. The molecule has 0 atom stereocenters. The van der Waals surface area contributed by atoms with Gasteiger partial charge in [0.25, 0.3) is 0 Å². The molecule has 0 radical (unpaired) electrons. The lowest BCUT2D eigenvalue weighted by Crippen LogP contribution is -1.88. The van der Waals surface area contributed by atoms with Gasteiger partial charge in [0.05, 0.1) is 5.69 Å². The summed E-state index contributed by atoms with van der Waals surface area (Å²) in [5, 5.41) is 4.03. The highest BCUT2D eigenvalue weighted by Gasteiger charge is 2.04. The molecule has 0 N–H and O–H groups in total. The molecule has 1 aromatic carbocycles. The number of rotatable bonds is 4. The van der Waals surface area contributed by atoms with E-state index in [1.807, 2.05) is 17.8 Å². The van der Waals surface area contributed by atoms with Gasteiger partial charge in [0.2, 0.25) is 0 Å². The van der Waals surface area contributed by atoms with Crippen LogP contribution in [0.25, 0.3) is 11.3 Å². The van der Waals surface area contributed by atoms with E-state index in [0.717, 1.165) is 11.4 Å². The van der Waals surface area contributed by atoms with Crippen LogP contribution in [-0.4, -0.2) is 10.2 Å². The second kappa shape index (κ2) is 5.51. The molecular formula is C13H15NS2. The highest BCUT2D eigenvalue weighted by molar-refractivity contribution is 7.99. The predicted octanol–water partition coefficient (Wildman–Crippen LogP) is 4.45. The number of benzene rings is 1. The zero-order chi connectivity index (χ0) is 11.4. The molecule has 2 aromatic rings. The second-order valence-electron chi connectivity index (χ2n) is 3.85. The van der Waals surface area contributed by atoms with Crippen LogP contribution in [0, 0.1) is 0 Å². The molecule has 1 nitrogen and oxygen atoms in total. The highest BCUT2D eigenvalue weighted by atomic mass is 32.2. The molecule has 84 valence electrons. The van der Waals surface area contributed by atoms with Crippen LogP contribution < -0.4 is 0 Å².